The van der Waals surface area contributed by atoms with E-state index in [0.717, 1.165) is 0 Å². The van der Waals surface area contributed by atoms with E-state index in [9.17, 15) is 8.78 Å². The molecule has 4 heteroatoms. The summed E-state index contributed by atoms with van der Waals surface area (Å²) in [4.78, 5) is 0. The molecule has 1 saturated heterocycles. The average molecular weight is 151 g/mol. The van der Waals surface area contributed by atoms with Gasteiger partial charge in [-0.05, 0) is 0 Å². The second kappa shape index (κ2) is 3.83. The molecule has 0 aromatic rings. The highest BCUT2D eigenvalue weighted by molar-refractivity contribution is 4.72. The molecule has 1 fully saturated rings. The van der Waals surface area contributed by atoms with Crippen LogP contribution in [0.4, 0.5) is 8.78 Å². The van der Waals surface area contributed by atoms with Crippen LogP contribution in [0.25, 0.3) is 0 Å². The van der Waals surface area contributed by atoms with Crippen LogP contribution in [0.2, 0.25) is 0 Å². The van der Waals surface area contributed by atoms with Crippen molar-refractivity contribution in [2.24, 2.45) is 0 Å². The van der Waals surface area contributed by atoms with Crippen molar-refractivity contribution in [3.8, 4) is 0 Å². The number of hydrogen-bond donors (Lipinski definition) is 1. The molecule has 2 atom stereocenters. The first kappa shape index (κ1) is 7.88. The molecule has 1 heterocycles. The van der Waals surface area contributed by atoms with Crippen LogP contribution in [-0.2, 0) is 4.74 Å². The lowest BCUT2D eigenvalue weighted by Crippen LogP contribution is -2.46. The van der Waals surface area contributed by atoms with E-state index in [-0.39, 0.29) is 0 Å². The molecule has 1 aliphatic heterocycles. The molecule has 0 spiro atoms. The molecule has 0 bridgehead atoms. The lowest BCUT2D eigenvalue weighted by atomic mass is 10.2. The number of rotatable bonds is 2. The molecular formula is C6H11F2NO. The van der Waals surface area contributed by atoms with Gasteiger partial charge in [0.15, 0.2) is 0 Å². The molecule has 0 radical (unpaired) electrons. The smallest absolute Gasteiger partial charge is 0.117 e. The minimum absolute atomic E-state index is 0.450. The fourth-order valence-corrected chi connectivity index (χ4v) is 0.956. The van der Waals surface area contributed by atoms with Crippen molar-refractivity contribution in [2.75, 3.05) is 26.4 Å². The standard InChI is InChI=1S/C6H11F2NO/c7-1-5-3-9-4-6(2-8)10-5/h5-6,9H,1-4H2. The molecule has 1 aliphatic rings. The first-order valence-corrected chi connectivity index (χ1v) is 3.35. The molecule has 0 aromatic heterocycles. The van der Waals surface area contributed by atoms with Crippen LogP contribution in [-0.4, -0.2) is 38.6 Å². The number of nitrogens with one attached hydrogen (secondary N) is 1. The molecule has 0 amide bonds. The Labute approximate surface area is 58.6 Å². The van der Waals surface area contributed by atoms with Crippen molar-refractivity contribution < 1.29 is 13.5 Å². The fraction of sp³-hybridized carbons (Fsp3) is 1.00. The summed E-state index contributed by atoms with van der Waals surface area (Å²) in [5.74, 6) is 0. The van der Waals surface area contributed by atoms with E-state index in [0.29, 0.717) is 13.1 Å². The summed E-state index contributed by atoms with van der Waals surface area (Å²) in [6.07, 6.45) is -0.899. The normalized spacial score (nSPS) is 34.2. The molecule has 0 aliphatic carbocycles. The molecule has 1 rings (SSSR count). The van der Waals surface area contributed by atoms with Gasteiger partial charge in [-0.1, -0.05) is 0 Å². The van der Waals surface area contributed by atoms with E-state index in [1.807, 2.05) is 0 Å². The van der Waals surface area contributed by atoms with Crippen LogP contribution < -0.4 is 5.32 Å². The Hall–Kier alpha value is -0.220. The van der Waals surface area contributed by atoms with Gasteiger partial charge in [-0.3, -0.25) is 0 Å². The number of halogens is 2. The average Bonchev–Trinajstić information content (AvgIpc) is 2.05. The van der Waals surface area contributed by atoms with Crippen LogP contribution in [0, 0.1) is 0 Å². The van der Waals surface area contributed by atoms with Crippen molar-refractivity contribution in [1.82, 2.24) is 5.32 Å². The highest BCUT2D eigenvalue weighted by Gasteiger charge is 2.21. The molecule has 1 N–H and O–H groups in total. The van der Waals surface area contributed by atoms with E-state index in [4.69, 9.17) is 4.74 Å². The van der Waals surface area contributed by atoms with Crippen LogP contribution >= 0.6 is 0 Å². The first-order chi connectivity index (χ1) is 4.86. The Morgan fingerprint density at radius 3 is 2.10 bits per heavy atom. The van der Waals surface area contributed by atoms with Crippen LogP contribution in [0.3, 0.4) is 0 Å². The third-order valence-electron chi connectivity index (χ3n) is 1.47. The van der Waals surface area contributed by atoms with Crippen molar-refractivity contribution >= 4 is 0 Å². The third-order valence-corrected chi connectivity index (χ3v) is 1.47. The molecule has 60 valence electrons. The van der Waals surface area contributed by atoms with Gasteiger partial charge in [0.25, 0.3) is 0 Å². The lowest BCUT2D eigenvalue weighted by molar-refractivity contribution is -0.0556. The monoisotopic (exact) mass is 151 g/mol. The highest BCUT2D eigenvalue weighted by Crippen LogP contribution is 2.04. The zero-order valence-electron chi connectivity index (χ0n) is 5.65. The Morgan fingerprint density at radius 1 is 1.20 bits per heavy atom. The van der Waals surface area contributed by atoms with Gasteiger partial charge in [0.2, 0.25) is 0 Å². The number of alkyl halides is 2. The van der Waals surface area contributed by atoms with Crippen molar-refractivity contribution in [3.63, 3.8) is 0 Å². The van der Waals surface area contributed by atoms with Crippen molar-refractivity contribution in [2.45, 2.75) is 12.2 Å². The second-order valence-electron chi connectivity index (χ2n) is 2.35. The summed E-state index contributed by atoms with van der Waals surface area (Å²) in [7, 11) is 0. The fourth-order valence-electron chi connectivity index (χ4n) is 0.956. The lowest BCUT2D eigenvalue weighted by Gasteiger charge is -2.27. The maximum Gasteiger partial charge on any atom is 0.117 e. The number of hydrogen-bond acceptors (Lipinski definition) is 2. The Bertz CT molecular complexity index is 91.7. The zero-order chi connectivity index (χ0) is 7.40. The van der Waals surface area contributed by atoms with Crippen LogP contribution in [0.5, 0.6) is 0 Å². The van der Waals surface area contributed by atoms with Gasteiger partial charge in [0.1, 0.15) is 13.3 Å². The molecule has 0 saturated carbocycles. The second-order valence-corrected chi connectivity index (χ2v) is 2.35. The molecule has 0 aromatic carbocycles. The highest BCUT2D eigenvalue weighted by atomic mass is 19.1. The summed E-state index contributed by atoms with van der Waals surface area (Å²) >= 11 is 0. The summed E-state index contributed by atoms with van der Waals surface area (Å²) in [6, 6.07) is 0. The van der Waals surface area contributed by atoms with Gasteiger partial charge in [0, 0.05) is 13.1 Å². The topological polar surface area (TPSA) is 21.3 Å². The van der Waals surface area contributed by atoms with Crippen LogP contribution in [0.1, 0.15) is 0 Å². The van der Waals surface area contributed by atoms with Crippen molar-refractivity contribution in [3.05, 3.63) is 0 Å². The number of ether oxygens (including phenoxy) is 1. The quantitative estimate of drug-likeness (QED) is 0.612. The Balaban J connectivity index is 2.25. The summed E-state index contributed by atoms with van der Waals surface area (Å²) in [5.41, 5.74) is 0. The third kappa shape index (κ3) is 1.88. The van der Waals surface area contributed by atoms with Crippen LogP contribution in [0.15, 0.2) is 0 Å². The largest absolute Gasteiger partial charge is 0.367 e. The molecule has 2 nitrogen and oxygen atoms in total. The van der Waals surface area contributed by atoms with Gasteiger partial charge in [-0.15, -0.1) is 0 Å². The minimum Gasteiger partial charge on any atom is -0.367 e. The first-order valence-electron chi connectivity index (χ1n) is 3.35. The van der Waals surface area contributed by atoms with Gasteiger partial charge >= 0.3 is 0 Å². The number of morpholine rings is 1. The summed E-state index contributed by atoms with van der Waals surface area (Å²) in [5, 5.41) is 2.88. The van der Waals surface area contributed by atoms with E-state index in [1.54, 1.807) is 0 Å². The minimum atomic E-state index is -0.538. The van der Waals surface area contributed by atoms with Gasteiger partial charge in [-0.25, -0.2) is 8.78 Å². The maximum atomic E-state index is 11.9. The SMILES string of the molecule is FCC1CNCC(CF)O1. The van der Waals surface area contributed by atoms with E-state index in [1.165, 1.54) is 0 Å². The summed E-state index contributed by atoms with van der Waals surface area (Å²) < 4.78 is 28.8. The molecule has 10 heavy (non-hydrogen) atoms. The van der Waals surface area contributed by atoms with E-state index < -0.39 is 25.6 Å². The zero-order valence-corrected chi connectivity index (χ0v) is 5.65. The molecular weight excluding hydrogens is 140 g/mol. The predicted octanol–water partition coefficient (Wildman–Crippen LogP) is 0.282. The van der Waals surface area contributed by atoms with Crippen molar-refractivity contribution in [1.29, 1.82) is 0 Å². The maximum absolute atomic E-state index is 11.9. The van der Waals surface area contributed by atoms with Gasteiger partial charge in [-0.2, -0.15) is 0 Å². The Kier molecular flexibility index (Phi) is 3.02. The Morgan fingerprint density at radius 2 is 1.70 bits per heavy atom. The van der Waals surface area contributed by atoms with Gasteiger partial charge < -0.3 is 10.1 Å². The van der Waals surface area contributed by atoms with E-state index in [2.05, 4.69) is 5.32 Å². The molecule has 2 unspecified atom stereocenters. The predicted molar refractivity (Wildman–Crippen MR) is 33.5 cm³/mol. The van der Waals surface area contributed by atoms with Gasteiger partial charge in [0.05, 0.1) is 12.2 Å². The summed E-state index contributed by atoms with van der Waals surface area (Å²) in [6.45, 7) is -0.0903. The van der Waals surface area contributed by atoms with E-state index >= 15 is 0 Å².